The molecule has 0 bridgehead atoms. The number of nitrogens with two attached hydrogens (primary N) is 1. The van der Waals surface area contributed by atoms with Crippen LogP contribution in [0.25, 0.3) is 0 Å². The van der Waals surface area contributed by atoms with Gasteiger partial charge in [0.25, 0.3) is 11.8 Å². The van der Waals surface area contributed by atoms with Crippen molar-refractivity contribution in [2.24, 2.45) is 0 Å². The monoisotopic (exact) mass is 569 g/mol. The molecule has 3 aliphatic rings. The fourth-order valence-corrected chi connectivity index (χ4v) is 5.98. The zero-order chi connectivity index (χ0) is 29.4. The average Bonchev–Trinajstić information content (AvgIpc) is 3.24. The molecule has 2 aromatic carbocycles. The van der Waals surface area contributed by atoms with Crippen LogP contribution in [-0.2, 0) is 17.9 Å². The van der Waals surface area contributed by atoms with Gasteiger partial charge in [0.1, 0.15) is 18.1 Å². The molecule has 3 atom stereocenters. The number of hydrogen-bond acceptors (Lipinski definition) is 9. The Kier molecular flexibility index (Phi) is 7.53. The first-order chi connectivity index (χ1) is 20.3. The first kappa shape index (κ1) is 27.7. The van der Waals surface area contributed by atoms with E-state index in [-0.39, 0.29) is 24.0 Å². The van der Waals surface area contributed by atoms with Gasteiger partial charge in [0.2, 0.25) is 5.91 Å². The number of anilines is 3. The van der Waals surface area contributed by atoms with Crippen molar-refractivity contribution in [1.29, 1.82) is 0 Å². The Morgan fingerprint density at radius 3 is 2.50 bits per heavy atom. The zero-order valence-corrected chi connectivity index (χ0v) is 23.5. The highest BCUT2D eigenvalue weighted by Crippen LogP contribution is 2.33. The molecule has 218 valence electrons. The number of carbonyl (C=O) groups is 3. The lowest BCUT2D eigenvalue weighted by atomic mass is 10.0. The normalized spacial score (nSPS) is 22.7. The van der Waals surface area contributed by atoms with E-state index in [4.69, 9.17) is 5.73 Å². The topological polar surface area (TPSA) is 144 Å². The molecule has 2 fully saturated rings. The van der Waals surface area contributed by atoms with Gasteiger partial charge in [0.05, 0.1) is 23.0 Å². The van der Waals surface area contributed by atoms with Crippen LogP contribution in [0.15, 0.2) is 60.8 Å². The molecule has 3 aliphatic heterocycles. The van der Waals surface area contributed by atoms with Crippen molar-refractivity contribution >= 4 is 34.9 Å². The predicted molar refractivity (Wildman–Crippen MR) is 159 cm³/mol. The summed E-state index contributed by atoms with van der Waals surface area (Å²) >= 11 is 0. The number of rotatable bonds is 7. The molecule has 42 heavy (non-hydrogen) atoms. The van der Waals surface area contributed by atoms with Crippen molar-refractivity contribution in [2.45, 2.75) is 51.2 Å². The molecule has 0 saturated carbocycles. The highest BCUT2D eigenvalue weighted by Gasteiger charge is 2.45. The van der Waals surface area contributed by atoms with Crippen LogP contribution >= 0.6 is 0 Å². The maximum Gasteiger partial charge on any atom is 0.264 e. The van der Waals surface area contributed by atoms with Crippen LogP contribution in [0, 0.1) is 0 Å². The van der Waals surface area contributed by atoms with Crippen LogP contribution in [0.5, 0.6) is 0 Å². The van der Waals surface area contributed by atoms with E-state index in [0.29, 0.717) is 24.0 Å². The number of piperazine rings is 1. The van der Waals surface area contributed by atoms with Gasteiger partial charge in [-0.3, -0.25) is 24.2 Å². The maximum atomic E-state index is 13.3. The van der Waals surface area contributed by atoms with Gasteiger partial charge in [-0.15, -0.1) is 0 Å². The molecule has 0 radical (unpaired) electrons. The Balaban J connectivity index is 1.06. The second kappa shape index (κ2) is 11.4. The van der Waals surface area contributed by atoms with E-state index in [9.17, 15) is 19.5 Å². The summed E-state index contributed by atoms with van der Waals surface area (Å²) in [5.74, 6) is -0.548. The third-order valence-electron chi connectivity index (χ3n) is 8.33. The number of carbonyl (C=O) groups excluding carboxylic acids is 3. The third kappa shape index (κ3) is 5.40. The Morgan fingerprint density at radius 1 is 1.00 bits per heavy atom. The maximum absolute atomic E-state index is 13.3. The molecular weight excluding hydrogens is 534 g/mol. The molecule has 3 amide bonds. The van der Waals surface area contributed by atoms with Gasteiger partial charge in [-0.05, 0) is 55.2 Å². The molecule has 11 heteroatoms. The number of aromatic nitrogens is 1. The van der Waals surface area contributed by atoms with E-state index in [1.807, 2.05) is 12.1 Å². The van der Waals surface area contributed by atoms with Gasteiger partial charge in [0, 0.05) is 44.5 Å². The summed E-state index contributed by atoms with van der Waals surface area (Å²) in [6.07, 6.45) is 1.24. The first-order valence-corrected chi connectivity index (χ1v) is 14.3. The number of imide groups is 1. The molecule has 2 saturated heterocycles. The summed E-state index contributed by atoms with van der Waals surface area (Å²) in [5.41, 5.74) is 9.82. The number of piperidine rings is 1. The zero-order valence-electron chi connectivity index (χ0n) is 23.5. The van der Waals surface area contributed by atoms with E-state index in [1.165, 1.54) is 5.56 Å². The number of hydrogen-bond donors (Lipinski definition) is 4. The lowest BCUT2D eigenvalue weighted by Gasteiger charge is -2.40. The smallest absolute Gasteiger partial charge is 0.264 e. The van der Waals surface area contributed by atoms with Crippen LogP contribution in [0.4, 0.5) is 17.2 Å². The number of nitrogens with zero attached hydrogens (tertiary/aromatic N) is 4. The van der Waals surface area contributed by atoms with Gasteiger partial charge in [-0.2, -0.15) is 0 Å². The number of nitrogen functional groups attached to an aromatic ring is 1. The summed E-state index contributed by atoms with van der Waals surface area (Å²) in [6, 6.07) is 16.8. The van der Waals surface area contributed by atoms with Crippen LogP contribution in [0.3, 0.4) is 0 Å². The number of amides is 3. The second-order valence-corrected chi connectivity index (χ2v) is 11.2. The first-order valence-electron chi connectivity index (χ1n) is 14.3. The van der Waals surface area contributed by atoms with Crippen molar-refractivity contribution in [2.75, 3.05) is 35.6 Å². The second-order valence-electron chi connectivity index (χ2n) is 11.2. The van der Waals surface area contributed by atoms with E-state index < -0.39 is 30.0 Å². The van der Waals surface area contributed by atoms with Crippen molar-refractivity contribution < 1.29 is 19.5 Å². The Labute approximate surface area is 244 Å². The predicted octanol–water partition coefficient (Wildman–Crippen LogP) is 2.18. The molecule has 3 aromatic rings. The summed E-state index contributed by atoms with van der Waals surface area (Å²) in [4.78, 5) is 49.1. The van der Waals surface area contributed by atoms with Crippen LogP contribution in [0.2, 0.25) is 0 Å². The number of pyridine rings is 1. The van der Waals surface area contributed by atoms with Crippen LogP contribution < -0.4 is 21.3 Å². The summed E-state index contributed by atoms with van der Waals surface area (Å²) in [7, 11) is 0. The fourth-order valence-electron chi connectivity index (χ4n) is 5.98. The minimum Gasteiger partial charge on any atom is -0.397 e. The lowest BCUT2D eigenvalue weighted by Crippen LogP contribution is -2.55. The van der Waals surface area contributed by atoms with Gasteiger partial charge >= 0.3 is 0 Å². The van der Waals surface area contributed by atoms with Gasteiger partial charge in [-0.1, -0.05) is 30.3 Å². The number of benzene rings is 2. The Hall–Kier alpha value is -4.48. The largest absolute Gasteiger partial charge is 0.397 e. The molecule has 3 unspecified atom stereocenters. The Bertz CT molecular complexity index is 1490. The lowest BCUT2D eigenvalue weighted by molar-refractivity contribution is -0.131. The van der Waals surface area contributed by atoms with E-state index in [0.717, 1.165) is 42.5 Å². The highest BCUT2D eigenvalue weighted by molar-refractivity contribution is 6.25. The quantitative estimate of drug-likeness (QED) is 0.315. The van der Waals surface area contributed by atoms with Crippen LogP contribution in [0.1, 0.15) is 51.6 Å². The molecule has 0 aliphatic carbocycles. The fraction of sp³-hybridized carbons (Fsp3) is 0.355. The molecule has 0 spiro atoms. The van der Waals surface area contributed by atoms with Gasteiger partial charge in [0.15, 0.2) is 0 Å². The summed E-state index contributed by atoms with van der Waals surface area (Å²) in [5, 5.41) is 15.4. The SMILES string of the molecule is CC1CN(c2ccc(N)cn2)CCN1Cc1ccc(CNc2cccc3c2C(=O)N(C2CCC(O)NC2=O)C3=O)cc1. The summed E-state index contributed by atoms with van der Waals surface area (Å²) < 4.78 is 0. The standard InChI is InChI=1S/C31H35N7O4/c1-19-17-37(26-11-9-22(32)16-34-26)14-13-36(19)18-21-7-5-20(6-8-21)15-33-24-4-2-3-23-28(24)31(42)38(30(23)41)25-10-12-27(39)35-29(25)40/h2-9,11,16,19,25,27,33,39H,10,12-15,17-18,32H2,1H3,(H,35,40). The minimum absolute atomic E-state index is 0.224. The van der Waals surface area contributed by atoms with E-state index in [2.05, 4.69) is 56.6 Å². The van der Waals surface area contributed by atoms with Crippen molar-refractivity contribution in [1.82, 2.24) is 20.1 Å². The third-order valence-corrected chi connectivity index (χ3v) is 8.33. The number of aliphatic hydroxyl groups is 1. The van der Waals surface area contributed by atoms with Crippen LogP contribution in [-0.4, -0.2) is 75.6 Å². The molecule has 4 heterocycles. The van der Waals surface area contributed by atoms with Gasteiger partial charge in [-0.25, -0.2) is 4.98 Å². The summed E-state index contributed by atoms with van der Waals surface area (Å²) in [6.45, 7) is 6.28. The molecule has 1 aromatic heterocycles. The Morgan fingerprint density at radius 2 is 1.79 bits per heavy atom. The molecule has 11 nitrogen and oxygen atoms in total. The molecule has 5 N–H and O–H groups in total. The average molecular weight is 570 g/mol. The van der Waals surface area contributed by atoms with Crippen molar-refractivity contribution in [3.05, 3.63) is 83.0 Å². The molecular formula is C31H35N7O4. The molecule has 6 rings (SSSR count). The van der Waals surface area contributed by atoms with Gasteiger partial charge < -0.3 is 26.4 Å². The van der Waals surface area contributed by atoms with Crippen molar-refractivity contribution in [3.63, 3.8) is 0 Å². The number of aliphatic hydroxyl groups excluding tert-OH is 1. The highest BCUT2D eigenvalue weighted by atomic mass is 16.3. The minimum atomic E-state index is -0.959. The van der Waals surface area contributed by atoms with E-state index >= 15 is 0 Å². The van der Waals surface area contributed by atoms with Crippen molar-refractivity contribution in [3.8, 4) is 0 Å². The number of fused-ring (bicyclic) bond motifs is 1. The van der Waals surface area contributed by atoms with E-state index in [1.54, 1.807) is 24.4 Å². The number of nitrogens with one attached hydrogen (secondary N) is 2.